The Hall–Kier alpha value is -0.940. The van der Waals surface area contributed by atoms with E-state index in [1.807, 2.05) is 18.5 Å². The number of aliphatic hydroxyl groups is 1. The predicted molar refractivity (Wildman–Crippen MR) is 51.6 cm³/mol. The van der Waals surface area contributed by atoms with Gasteiger partial charge in [-0.25, -0.2) is 0 Å². The van der Waals surface area contributed by atoms with Crippen LogP contribution in [-0.4, -0.2) is 44.0 Å². The summed E-state index contributed by atoms with van der Waals surface area (Å²) in [7, 11) is 1.97. The number of aryl methyl sites for hydroxylation is 1. The second-order valence-corrected chi connectivity index (χ2v) is 3.90. The first kappa shape index (κ1) is 9.61. The number of aromatic nitrogens is 3. The van der Waals surface area contributed by atoms with Crippen molar-refractivity contribution in [1.82, 2.24) is 19.7 Å². The summed E-state index contributed by atoms with van der Waals surface area (Å²) in [5.41, 5.74) is 0. The quantitative estimate of drug-likeness (QED) is 0.705. The Bertz CT molecular complexity index is 323. The van der Waals surface area contributed by atoms with Gasteiger partial charge in [0.05, 0.1) is 12.6 Å². The van der Waals surface area contributed by atoms with Crippen LogP contribution in [-0.2, 0) is 13.6 Å². The second-order valence-electron chi connectivity index (χ2n) is 3.90. The molecule has 0 aromatic carbocycles. The van der Waals surface area contributed by atoms with E-state index in [2.05, 4.69) is 15.1 Å². The highest BCUT2D eigenvalue weighted by Crippen LogP contribution is 2.11. The van der Waals surface area contributed by atoms with Gasteiger partial charge in [0.25, 0.3) is 0 Å². The molecule has 78 valence electrons. The highest BCUT2D eigenvalue weighted by molar-refractivity contribution is 4.93. The van der Waals surface area contributed by atoms with E-state index in [1.54, 1.807) is 0 Å². The van der Waals surface area contributed by atoms with Crippen LogP contribution in [0, 0.1) is 6.92 Å². The van der Waals surface area contributed by atoms with Crippen LogP contribution in [0.2, 0.25) is 0 Å². The maximum absolute atomic E-state index is 9.37. The van der Waals surface area contributed by atoms with Gasteiger partial charge in [-0.3, -0.25) is 4.90 Å². The first-order valence-corrected chi connectivity index (χ1v) is 4.92. The van der Waals surface area contributed by atoms with Crippen LogP contribution in [0.25, 0.3) is 0 Å². The molecule has 1 saturated heterocycles. The summed E-state index contributed by atoms with van der Waals surface area (Å²) in [6, 6.07) is 0. The Morgan fingerprint density at radius 1 is 1.50 bits per heavy atom. The van der Waals surface area contributed by atoms with Gasteiger partial charge in [-0.05, 0) is 13.3 Å². The number of likely N-dealkylation sites (tertiary alicyclic amines) is 1. The summed E-state index contributed by atoms with van der Waals surface area (Å²) >= 11 is 0. The third-order valence-electron chi connectivity index (χ3n) is 2.80. The minimum atomic E-state index is -0.163. The molecule has 2 heterocycles. The van der Waals surface area contributed by atoms with Gasteiger partial charge in [0.15, 0.2) is 0 Å². The van der Waals surface area contributed by atoms with Gasteiger partial charge in [-0.15, -0.1) is 10.2 Å². The number of nitrogens with zero attached hydrogens (tertiary/aromatic N) is 4. The molecule has 1 aromatic rings. The fraction of sp³-hybridized carbons (Fsp3) is 0.778. The molecule has 1 fully saturated rings. The molecule has 0 amide bonds. The number of β-amino-alcohol motifs (C(OH)–C–C–N with tert-alkyl or cyclic N) is 1. The second kappa shape index (κ2) is 3.67. The molecular formula is C9H16N4O. The van der Waals surface area contributed by atoms with Gasteiger partial charge in [0.2, 0.25) is 0 Å². The van der Waals surface area contributed by atoms with Crippen molar-refractivity contribution in [3.8, 4) is 0 Å². The molecular weight excluding hydrogens is 180 g/mol. The molecule has 1 aliphatic rings. The maximum Gasteiger partial charge on any atom is 0.146 e. The molecule has 5 nitrogen and oxygen atoms in total. The van der Waals surface area contributed by atoms with Crippen LogP contribution in [0.1, 0.15) is 18.1 Å². The van der Waals surface area contributed by atoms with Gasteiger partial charge in [-0.1, -0.05) is 0 Å². The molecule has 1 N–H and O–H groups in total. The van der Waals surface area contributed by atoms with Crippen molar-refractivity contribution in [2.45, 2.75) is 26.0 Å². The molecule has 0 aliphatic carbocycles. The van der Waals surface area contributed by atoms with Crippen molar-refractivity contribution in [1.29, 1.82) is 0 Å². The Balaban J connectivity index is 2.01. The Morgan fingerprint density at radius 2 is 2.29 bits per heavy atom. The molecule has 0 bridgehead atoms. The fourth-order valence-corrected chi connectivity index (χ4v) is 1.74. The zero-order valence-electron chi connectivity index (χ0n) is 8.64. The minimum Gasteiger partial charge on any atom is -0.392 e. The summed E-state index contributed by atoms with van der Waals surface area (Å²) in [6.45, 7) is 4.43. The number of aliphatic hydroxyl groups excluding tert-OH is 1. The zero-order chi connectivity index (χ0) is 10.1. The summed E-state index contributed by atoms with van der Waals surface area (Å²) in [4.78, 5) is 2.20. The monoisotopic (exact) mass is 196 g/mol. The van der Waals surface area contributed by atoms with Crippen molar-refractivity contribution >= 4 is 0 Å². The van der Waals surface area contributed by atoms with Gasteiger partial charge in [-0.2, -0.15) is 0 Å². The van der Waals surface area contributed by atoms with E-state index >= 15 is 0 Å². The summed E-state index contributed by atoms with van der Waals surface area (Å²) in [5, 5.41) is 17.5. The molecule has 1 aliphatic heterocycles. The minimum absolute atomic E-state index is 0.163. The highest BCUT2D eigenvalue weighted by Gasteiger charge is 2.21. The topological polar surface area (TPSA) is 54.2 Å². The Morgan fingerprint density at radius 3 is 2.79 bits per heavy atom. The molecule has 5 heteroatoms. The molecule has 0 radical (unpaired) electrons. The van der Waals surface area contributed by atoms with Gasteiger partial charge in [0, 0.05) is 20.1 Å². The predicted octanol–water partition coefficient (Wildman–Crippen LogP) is -0.310. The lowest BCUT2D eigenvalue weighted by atomic mass is 10.3. The van der Waals surface area contributed by atoms with E-state index in [0.717, 1.165) is 37.7 Å². The number of hydrogen-bond donors (Lipinski definition) is 1. The first-order chi connectivity index (χ1) is 6.66. The van der Waals surface area contributed by atoms with Crippen molar-refractivity contribution in [3.05, 3.63) is 11.6 Å². The van der Waals surface area contributed by atoms with Crippen LogP contribution in [0.4, 0.5) is 0 Å². The summed E-state index contributed by atoms with van der Waals surface area (Å²) in [6.07, 6.45) is 0.709. The van der Waals surface area contributed by atoms with E-state index in [0.29, 0.717) is 0 Å². The molecule has 0 spiro atoms. The average Bonchev–Trinajstić information content (AvgIpc) is 2.67. The van der Waals surface area contributed by atoms with Crippen LogP contribution in [0.5, 0.6) is 0 Å². The van der Waals surface area contributed by atoms with Crippen LogP contribution in [0.15, 0.2) is 0 Å². The van der Waals surface area contributed by atoms with E-state index in [-0.39, 0.29) is 6.10 Å². The van der Waals surface area contributed by atoms with E-state index in [1.165, 1.54) is 0 Å². The number of rotatable bonds is 2. The molecule has 2 rings (SSSR count). The molecule has 0 saturated carbocycles. The lowest BCUT2D eigenvalue weighted by Gasteiger charge is -2.13. The maximum atomic E-state index is 9.37. The van der Waals surface area contributed by atoms with Crippen molar-refractivity contribution < 1.29 is 5.11 Å². The number of hydrogen-bond acceptors (Lipinski definition) is 4. The van der Waals surface area contributed by atoms with Gasteiger partial charge >= 0.3 is 0 Å². The van der Waals surface area contributed by atoms with Crippen molar-refractivity contribution in [2.24, 2.45) is 7.05 Å². The normalized spacial score (nSPS) is 23.2. The first-order valence-electron chi connectivity index (χ1n) is 4.92. The molecule has 1 aromatic heterocycles. The SMILES string of the molecule is Cc1nnc(CN2CC[C@H](O)C2)n1C. The largest absolute Gasteiger partial charge is 0.392 e. The van der Waals surface area contributed by atoms with Crippen molar-refractivity contribution in [2.75, 3.05) is 13.1 Å². The van der Waals surface area contributed by atoms with Crippen LogP contribution < -0.4 is 0 Å². The summed E-state index contributed by atoms with van der Waals surface area (Å²) in [5.74, 6) is 1.90. The molecule has 14 heavy (non-hydrogen) atoms. The van der Waals surface area contributed by atoms with Crippen LogP contribution >= 0.6 is 0 Å². The van der Waals surface area contributed by atoms with E-state index in [9.17, 15) is 5.11 Å². The zero-order valence-corrected chi connectivity index (χ0v) is 8.64. The lowest BCUT2D eigenvalue weighted by Crippen LogP contribution is -2.23. The average molecular weight is 196 g/mol. The Labute approximate surface area is 83.4 Å². The summed E-state index contributed by atoms with van der Waals surface area (Å²) < 4.78 is 1.99. The van der Waals surface area contributed by atoms with E-state index < -0.39 is 0 Å². The smallest absolute Gasteiger partial charge is 0.146 e. The molecule has 0 unspecified atom stereocenters. The van der Waals surface area contributed by atoms with E-state index in [4.69, 9.17) is 0 Å². The Kier molecular flexibility index (Phi) is 2.52. The van der Waals surface area contributed by atoms with Crippen LogP contribution in [0.3, 0.4) is 0 Å². The van der Waals surface area contributed by atoms with Gasteiger partial charge in [0.1, 0.15) is 11.6 Å². The third kappa shape index (κ3) is 1.78. The molecule has 1 atom stereocenters. The standard InChI is InChI=1S/C9H16N4O/c1-7-10-11-9(12(7)2)6-13-4-3-8(14)5-13/h8,14H,3-6H2,1-2H3/t8-/m0/s1. The van der Waals surface area contributed by atoms with Gasteiger partial charge < -0.3 is 9.67 Å². The fourth-order valence-electron chi connectivity index (χ4n) is 1.74. The lowest BCUT2D eigenvalue weighted by molar-refractivity contribution is 0.173. The third-order valence-corrected chi connectivity index (χ3v) is 2.80. The van der Waals surface area contributed by atoms with Crippen molar-refractivity contribution in [3.63, 3.8) is 0 Å². The highest BCUT2D eigenvalue weighted by atomic mass is 16.3.